The minimum absolute atomic E-state index is 0.0689. The van der Waals surface area contributed by atoms with Crippen molar-refractivity contribution in [3.8, 4) is 6.19 Å². The van der Waals surface area contributed by atoms with E-state index >= 15 is 0 Å². The lowest BCUT2D eigenvalue weighted by atomic mass is 9.70. The van der Waals surface area contributed by atoms with E-state index in [4.69, 9.17) is 10.00 Å². The van der Waals surface area contributed by atoms with Crippen LogP contribution in [0.1, 0.15) is 49.3 Å². The Bertz CT molecular complexity index is 604. The Balaban J connectivity index is 1.98. The van der Waals surface area contributed by atoms with E-state index in [1.54, 1.807) is 7.11 Å². The van der Waals surface area contributed by atoms with Gasteiger partial charge in [-0.3, -0.25) is 0 Å². The number of benzene rings is 1. The second kappa shape index (κ2) is 5.61. The molecule has 2 aliphatic rings. The molecule has 0 radical (unpaired) electrons. The first-order valence-electron chi connectivity index (χ1n) is 7.84. The summed E-state index contributed by atoms with van der Waals surface area (Å²) >= 11 is 0. The number of ether oxygens (including phenoxy) is 1. The minimum atomic E-state index is 0.0689. The Kier molecular flexibility index (Phi) is 3.82. The Hall–Kier alpha value is -1.66. The molecule has 0 atom stereocenters. The van der Waals surface area contributed by atoms with Gasteiger partial charge in [-0.25, -0.2) is 0 Å². The van der Waals surface area contributed by atoms with E-state index in [9.17, 15) is 0 Å². The number of rotatable bonds is 2. The van der Waals surface area contributed by atoms with Crippen molar-refractivity contribution in [2.24, 2.45) is 10.4 Å². The highest BCUT2D eigenvalue weighted by molar-refractivity contribution is 6.09. The molecule has 0 aliphatic heterocycles. The van der Waals surface area contributed by atoms with Gasteiger partial charge in [0.2, 0.25) is 6.19 Å². The van der Waals surface area contributed by atoms with Crippen molar-refractivity contribution in [3.05, 3.63) is 34.9 Å². The summed E-state index contributed by atoms with van der Waals surface area (Å²) in [4.78, 5) is 4.25. The van der Waals surface area contributed by atoms with Crippen LogP contribution in [0.2, 0.25) is 0 Å². The molecule has 1 fully saturated rings. The number of aliphatic imine (C=N–C) groups is 1. The third-order valence-corrected chi connectivity index (χ3v) is 5.25. The normalized spacial score (nSPS) is 29.6. The van der Waals surface area contributed by atoms with E-state index in [2.05, 4.69) is 30.1 Å². The van der Waals surface area contributed by atoms with Crippen LogP contribution in [0.4, 0.5) is 0 Å². The molecule has 0 N–H and O–H groups in total. The zero-order chi connectivity index (χ0) is 14.9. The fourth-order valence-corrected chi connectivity index (χ4v) is 3.97. The third kappa shape index (κ3) is 2.38. The van der Waals surface area contributed by atoms with E-state index in [0.29, 0.717) is 6.10 Å². The number of hydrogen-bond donors (Lipinski definition) is 0. The number of methoxy groups -OCH3 is 1. The molecule has 0 heterocycles. The van der Waals surface area contributed by atoms with Crippen LogP contribution in [-0.2, 0) is 17.6 Å². The number of hydrogen-bond acceptors (Lipinski definition) is 3. The maximum Gasteiger partial charge on any atom is 0.205 e. The van der Waals surface area contributed by atoms with Crippen LogP contribution < -0.4 is 0 Å². The summed E-state index contributed by atoms with van der Waals surface area (Å²) in [5.41, 5.74) is 5.00. The molecule has 3 rings (SSSR count). The summed E-state index contributed by atoms with van der Waals surface area (Å²) in [6.07, 6.45) is 8.73. The SMILES string of the molecule is CCc1ccc2c(c1)/C(=N\C#N)[C@]1(CC[C@H](OC)CC1)C2. The van der Waals surface area contributed by atoms with Crippen molar-refractivity contribution in [2.75, 3.05) is 7.11 Å². The average molecular weight is 282 g/mol. The van der Waals surface area contributed by atoms with Crippen LogP contribution in [0.25, 0.3) is 0 Å². The summed E-state index contributed by atoms with van der Waals surface area (Å²) in [5.74, 6) is 0. The Morgan fingerprint density at radius 1 is 1.38 bits per heavy atom. The molecule has 1 spiro atoms. The summed E-state index contributed by atoms with van der Waals surface area (Å²) in [5, 5.41) is 9.13. The van der Waals surface area contributed by atoms with Gasteiger partial charge in [0.25, 0.3) is 0 Å². The van der Waals surface area contributed by atoms with Crippen LogP contribution >= 0.6 is 0 Å². The van der Waals surface area contributed by atoms with Crippen LogP contribution in [0, 0.1) is 16.9 Å². The molecule has 110 valence electrons. The molecular formula is C18H22N2O. The van der Waals surface area contributed by atoms with Gasteiger partial charge in [-0.2, -0.15) is 10.3 Å². The number of nitriles is 1. The van der Waals surface area contributed by atoms with Gasteiger partial charge in [-0.05, 0) is 55.7 Å². The maximum atomic E-state index is 9.13. The quantitative estimate of drug-likeness (QED) is 0.777. The third-order valence-electron chi connectivity index (χ3n) is 5.25. The van der Waals surface area contributed by atoms with Gasteiger partial charge in [0.15, 0.2) is 0 Å². The molecule has 0 saturated heterocycles. The molecule has 3 heteroatoms. The molecule has 3 nitrogen and oxygen atoms in total. The van der Waals surface area contributed by atoms with E-state index in [1.807, 2.05) is 6.19 Å². The summed E-state index contributed by atoms with van der Waals surface area (Å²) in [6.45, 7) is 2.16. The molecule has 0 unspecified atom stereocenters. The molecule has 21 heavy (non-hydrogen) atoms. The van der Waals surface area contributed by atoms with E-state index in [-0.39, 0.29) is 5.41 Å². The monoisotopic (exact) mass is 282 g/mol. The average Bonchev–Trinajstić information content (AvgIpc) is 2.81. The van der Waals surface area contributed by atoms with Gasteiger partial charge >= 0.3 is 0 Å². The second-order valence-corrected chi connectivity index (χ2v) is 6.30. The Morgan fingerprint density at radius 3 is 2.76 bits per heavy atom. The zero-order valence-corrected chi connectivity index (χ0v) is 12.9. The van der Waals surface area contributed by atoms with Crippen molar-refractivity contribution >= 4 is 5.71 Å². The van der Waals surface area contributed by atoms with Crippen molar-refractivity contribution in [1.29, 1.82) is 5.26 Å². The zero-order valence-electron chi connectivity index (χ0n) is 12.9. The first-order chi connectivity index (χ1) is 10.2. The van der Waals surface area contributed by atoms with E-state index in [1.165, 1.54) is 16.7 Å². The number of aryl methyl sites for hydroxylation is 1. The van der Waals surface area contributed by atoms with Gasteiger partial charge in [0, 0.05) is 18.1 Å². The first kappa shape index (κ1) is 14.3. The fraction of sp³-hybridized carbons (Fsp3) is 0.556. The molecule has 0 bridgehead atoms. The topological polar surface area (TPSA) is 45.4 Å². The molecule has 1 aromatic rings. The van der Waals surface area contributed by atoms with Crippen molar-refractivity contribution < 1.29 is 4.74 Å². The molecular weight excluding hydrogens is 260 g/mol. The van der Waals surface area contributed by atoms with Crippen molar-refractivity contribution in [2.45, 2.75) is 51.6 Å². The fourth-order valence-electron chi connectivity index (χ4n) is 3.97. The highest BCUT2D eigenvalue weighted by Gasteiger charge is 2.45. The minimum Gasteiger partial charge on any atom is -0.381 e. The standard InChI is InChI=1S/C18H22N2O/c1-3-13-4-5-14-11-18(8-6-15(21-2)7-9-18)17(20-12-19)16(14)10-13/h4-5,10,15H,3,6-9,11H2,1-2H3/b20-17+/t15-,18-. The Morgan fingerprint density at radius 2 is 2.14 bits per heavy atom. The molecule has 0 amide bonds. The molecule has 0 aromatic heterocycles. The lowest BCUT2D eigenvalue weighted by Crippen LogP contribution is -2.35. The molecule has 1 saturated carbocycles. The van der Waals surface area contributed by atoms with Gasteiger partial charge in [0.05, 0.1) is 11.8 Å². The predicted molar refractivity (Wildman–Crippen MR) is 83.4 cm³/mol. The lowest BCUT2D eigenvalue weighted by Gasteiger charge is -2.36. The Labute approximate surface area is 126 Å². The summed E-state index contributed by atoms with van der Waals surface area (Å²) in [7, 11) is 1.80. The summed E-state index contributed by atoms with van der Waals surface area (Å²) < 4.78 is 5.50. The highest BCUT2D eigenvalue weighted by atomic mass is 16.5. The van der Waals surface area contributed by atoms with Gasteiger partial charge in [0.1, 0.15) is 0 Å². The predicted octanol–water partition coefficient (Wildman–Crippen LogP) is 3.65. The maximum absolute atomic E-state index is 9.13. The van der Waals surface area contributed by atoms with Crippen molar-refractivity contribution in [1.82, 2.24) is 0 Å². The van der Waals surface area contributed by atoms with Crippen LogP contribution in [0.15, 0.2) is 23.2 Å². The lowest BCUT2D eigenvalue weighted by molar-refractivity contribution is 0.0468. The van der Waals surface area contributed by atoms with E-state index in [0.717, 1.165) is 44.2 Å². The van der Waals surface area contributed by atoms with Gasteiger partial charge in [-0.1, -0.05) is 19.1 Å². The summed E-state index contributed by atoms with van der Waals surface area (Å²) in [6, 6.07) is 6.68. The van der Waals surface area contributed by atoms with Crippen LogP contribution in [0.3, 0.4) is 0 Å². The van der Waals surface area contributed by atoms with Crippen LogP contribution in [-0.4, -0.2) is 18.9 Å². The highest BCUT2D eigenvalue weighted by Crippen LogP contribution is 2.48. The number of nitrogens with zero attached hydrogens (tertiary/aromatic N) is 2. The number of fused-ring (bicyclic) bond motifs is 1. The molecule has 1 aromatic carbocycles. The smallest absolute Gasteiger partial charge is 0.205 e. The first-order valence-corrected chi connectivity index (χ1v) is 7.84. The van der Waals surface area contributed by atoms with Crippen molar-refractivity contribution in [3.63, 3.8) is 0 Å². The van der Waals surface area contributed by atoms with Gasteiger partial charge in [-0.15, -0.1) is 0 Å². The van der Waals surface area contributed by atoms with Crippen LogP contribution in [0.5, 0.6) is 0 Å². The van der Waals surface area contributed by atoms with Gasteiger partial charge < -0.3 is 4.74 Å². The van der Waals surface area contributed by atoms with E-state index < -0.39 is 0 Å². The largest absolute Gasteiger partial charge is 0.381 e. The molecule has 2 aliphatic carbocycles. The second-order valence-electron chi connectivity index (χ2n) is 6.30.